The van der Waals surface area contributed by atoms with Crippen molar-refractivity contribution in [2.45, 2.75) is 90.0 Å². The Labute approximate surface area is 672 Å². The average Bonchev–Trinajstić information content (AvgIpc) is 0.792. The molecule has 16 rings (SSSR count). The van der Waals surface area contributed by atoms with Gasteiger partial charge in [-0.1, -0.05) is 266 Å². The van der Waals surface area contributed by atoms with Crippen LogP contribution in [0.15, 0.2) is 334 Å². The number of hydrogen-bond acceptors (Lipinski definition) is 0. The molecule has 0 radical (unpaired) electrons. The standard InChI is InChI=1S/2C28H28N.C27H26N.C26H24N/c1-19-14-15-24(23-12-7-6-8-13-23)16-25(19)27-17-26(22(4)18-29(27)5)28-20(2)10-9-11-21(28)3;1-19-11-14-25(21(3)15-19)26-17-28(29(5)18-22(26)4)27-16-24(13-12-20(27)2)23-9-7-6-8-10-23;1-19-10-8-9-13-24(19)25-17-27(28(4)18-21(25)3)26-16-23(15-14-20(26)2)22-11-6-5-7-12-22;1-19-14-15-23(21-10-6-4-7-11-21)16-25(19)26-17-24(20(2)18-27(26)3)22-12-8-5-9-13-22/h2*6-18H,1-5H3;5-18H,1-4H3;4-18H,1-3H3/q4*+1. The van der Waals surface area contributed by atoms with Crippen LogP contribution >= 0.6 is 0 Å². The molecule has 0 spiro atoms. The molecule has 558 valence electrons. The van der Waals surface area contributed by atoms with Crippen LogP contribution in [0.2, 0.25) is 0 Å². The van der Waals surface area contributed by atoms with E-state index in [1.165, 1.54) is 206 Å². The number of pyridine rings is 4. The van der Waals surface area contributed by atoms with Crippen LogP contribution in [-0.4, -0.2) is 0 Å². The number of nitrogens with zero attached hydrogens (tertiary/aromatic N) is 4. The molecule has 0 amide bonds. The highest BCUT2D eigenvalue weighted by Crippen LogP contribution is 2.39. The summed E-state index contributed by atoms with van der Waals surface area (Å²) in [5, 5.41) is 0. The van der Waals surface area contributed by atoms with E-state index in [9.17, 15) is 0 Å². The monoisotopic (exact) mass is 1470 g/mol. The van der Waals surface area contributed by atoms with Gasteiger partial charge in [0.05, 0.1) is 0 Å². The molecular formula is C109H106N4+4. The minimum Gasteiger partial charge on any atom is -0.201 e. The Bertz CT molecular complexity index is 6070. The highest BCUT2D eigenvalue weighted by Gasteiger charge is 2.24. The third kappa shape index (κ3) is 17.9. The third-order valence-corrected chi connectivity index (χ3v) is 22.3. The summed E-state index contributed by atoms with van der Waals surface area (Å²) in [5.74, 6) is 0. The van der Waals surface area contributed by atoms with Crippen molar-refractivity contribution in [3.8, 4) is 134 Å². The topological polar surface area (TPSA) is 15.5 Å². The summed E-state index contributed by atoms with van der Waals surface area (Å²) in [6, 6.07) is 111. The van der Waals surface area contributed by atoms with Crippen LogP contribution in [0.25, 0.3) is 134 Å². The van der Waals surface area contributed by atoms with Crippen molar-refractivity contribution in [1.82, 2.24) is 0 Å². The van der Waals surface area contributed by atoms with Gasteiger partial charge in [0.1, 0.15) is 28.2 Å². The zero-order valence-electron chi connectivity index (χ0n) is 69.0. The summed E-state index contributed by atoms with van der Waals surface area (Å²) < 4.78 is 8.98. The van der Waals surface area contributed by atoms with Crippen LogP contribution in [0.4, 0.5) is 0 Å². The number of rotatable bonds is 12. The molecule has 0 saturated carbocycles. The van der Waals surface area contributed by atoms with Crippen molar-refractivity contribution in [2.75, 3.05) is 0 Å². The number of benzene rings is 12. The quantitative estimate of drug-likeness (QED) is 0.108. The predicted molar refractivity (Wildman–Crippen MR) is 477 cm³/mol. The van der Waals surface area contributed by atoms with Gasteiger partial charge in [-0.15, -0.1) is 0 Å². The smallest absolute Gasteiger partial charge is 0.201 e. The van der Waals surface area contributed by atoms with Crippen molar-refractivity contribution in [3.63, 3.8) is 0 Å². The summed E-state index contributed by atoms with van der Waals surface area (Å²) in [4.78, 5) is 0. The van der Waals surface area contributed by atoms with Gasteiger partial charge in [-0.25, -0.2) is 18.3 Å². The van der Waals surface area contributed by atoms with E-state index in [2.05, 4.69) is 471 Å². The molecule has 12 aromatic carbocycles. The summed E-state index contributed by atoms with van der Waals surface area (Å²) in [6.07, 6.45) is 8.97. The van der Waals surface area contributed by atoms with E-state index in [4.69, 9.17) is 0 Å². The minimum absolute atomic E-state index is 1.23. The fourth-order valence-electron chi connectivity index (χ4n) is 16.0. The summed E-state index contributed by atoms with van der Waals surface area (Å²) in [7, 11) is 8.55. The lowest BCUT2D eigenvalue weighted by Crippen LogP contribution is -2.31. The van der Waals surface area contributed by atoms with Crippen molar-refractivity contribution in [3.05, 3.63) is 406 Å². The van der Waals surface area contributed by atoms with Gasteiger partial charge in [-0.2, -0.15) is 0 Å². The Kier molecular flexibility index (Phi) is 24.3. The van der Waals surface area contributed by atoms with Gasteiger partial charge < -0.3 is 0 Å². The molecule has 113 heavy (non-hydrogen) atoms. The Morgan fingerprint density at radius 2 is 0.416 bits per heavy atom. The van der Waals surface area contributed by atoms with Gasteiger partial charge in [0.15, 0.2) is 24.8 Å². The highest BCUT2D eigenvalue weighted by molar-refractivity contribution is 5.83. The van der Waals surface area contributed by atoms with Gasteiger partial charge in [0.25, 0.3) is 0 Å². The normalized spacial score (nSPS) is 10.9. The predicted octanol–water partition coefficient (Wildman–Crippen LogP) is 26.1. The maximum Gasteiger partial charge on any atom is 0.213 e. The lowest BCUT2D eigenvalue weighted by Gasteiger charge is -2.14. The lowest BCUT2D eigenvalue weighted by molar-refractivity contribution is -0.660. The second-order valence-electron chi connectivity index (χ2n) is 30.8. The first-order chi connectivity index (χ1) is 54.6. The average molecular weight is 1470 g/mol. The largest absolute Gasteiger partial charge is 0.213 e. The lowest BCUT2D eigenvalue weighted by atomic mass is 9.91. The first kappa shape index (κ1) is 78.4. The molecule has 0 atom stereocenters. The van der Waals surface area contributed by atoms with Crippen LogP contribution < -0.4 is 18.3 Å². The van der Waals surface area contributed by atoms with Gasteiger partial charge in [0, 0.05) is 68.8 Å². The SMILES string of the molecule is Cc1c[n+](C)c(-c2cc(-c3ccccc3)ccc2C)cc1-c1c(C)cccc1C.Cc1c[n+](C)c(-c2cc(-c3ccccc3)ccc2C)cc1-c1ccccc1.Cc1ccc(-c2cc(-c3cc(-c4ccccc4)ccc3C)[n+](C)cc2C)c(C)c1.Cc1ccccc1-c1cc(-c2cc(-c3ccccc3)ccc2C)[n+](C)cc1C. The summed E-state index contributed by atoms with van der Waals surface area (Å²) in [5.41, 5.74) is 47.4. The number of aromatic nitrogens is 4. The van der Waals surface area contributed by atoms with E-state index in [1.54, 1.807) is 0 Å². The van der Waals surface area contributed by atoms with E-state index < -0.39 is 0 Å². The van der Waals surface area contributed by atoms with E-state index in [-0.39, 0.29) is 0 Å². The fraction of sp³-hybridized carbons (Fsp3) is 0.156. The molecule has 0 aliphatic heterocycles. The molecule has 4 nitrogen and oxygen atoms in total. The zero-order chi connectivity index (χ0) is 79.6. The molecule has 4 heterocycles. The third-order valence-electron chi connectivity index (χ3n) is 22.3. The van der Waals surface area contributed by atoms with E-state index in [0.717, 1.165) is 0 Å². The van der Waals surface area contributed by atoms with Crippen LogP contribution in [0.1, 0.15) is 72.3 Å². The molecule has 0 unspecified atom stereocenters. The van der Waals surface area contributed by atoms with Crippen molar-refractivity contribution in [2.24, 2.45) is 28.2 Å². The van der Waals surface area contributed by atoms with Gasteiger partial charge >= 0.3 is 0 Å². The van der Waals surface area contributed by atoms with Crippen LogP contribution in [-0.2, 0) is 28.2 Å². The molecule has 4 aromatic heterocycles. The van der Waals surface area contributed by atoms with Crippen LogP contribution in [0.3, 0.4) is 0 Å². The highest BCUT2D eigenvalue weighted by atomic mass is 14.9. The molecule has 0 fully saturated rings. The van der Waals surface area contributed by atoms with Crippen LogP contribution in [0, 0.1) is 90.0 Å². The maximum absolute atomic E-state index is 2.36. The van der Waals surface area contributed by atoms with E-state index >= 15 is 0 Å². The molecule has 0 saturated heterocycles. The Morgan fingerprint density at radius 1 is 0.150 bits per heavy atom. The molecule has 4 heteroatoms. The van der Waals surface area contributed by atoms with Crippen LogP contribution in [0.5, 0.6) is 0 Å². The molecule has 0 aliphatic rings. The zero-order valence-corrected chi connectivity index (χ0v) is 69.0. The Hall–Kier alpha value is -12.8. The molecular weight excluding hydrogens is 1370 g/mol. The Morgan fingerprint density at radius 3 is 0.752 bits per heavy atom. The number of aryl methyl sites for hydroxylation is 17. The minimum atomic E-state index is 1.23. The fourth-order valence-corrected chi connectivity index (χ4v) is 16.0. The summed E-state index contributed by atoms with van der Waals surface area (Å²) in [6.45, 7) is 28.5. The second-order valence-corrected chi connectivity index (χ2v) is 30.8. The van der Waals surface area contributed by atoms with E-state index in [0.29, 0.717) is 0 Å². The maximum atomic E-state index is 2.36. The summed E-state index contributed by atoms with van der Waals surface area (Å²) >= 11 is 0. The molecule has 16 aromatic rings. The molecule has 0 bridgehead atoms. The van der Waals surface area contributed by atoms with Crippen molar-refractivity contribution >= 4 is 0 Å². The number of hydrogen-bond donors (Lipinski definition) is 0. The van der Waals surface area contributed by atoms with Gasteiger partial charge in [-0.3, -0.25) is 0 Å². The second kappa shape index (κ2) is 35.1. The van der Waals surface area contributed by atoms with Crippen molar-refractivity contribution < 1.29 is 18.3 Å². The van der Waals surface area contributed by atoms with Crippen molar-refractivity contribution in [1.29, 1.82) is 0 Å². The molecule has 0 aliphatic carbocycles. The first-order valence-electron chi connectivity index (χ1n) is 39.5. The Balaban J connectivity index is 0.000000132. The van der Waals surface area contributed by atoms with Gasteiger partial charge in [0.2, 0.25) is 22.8 Å². The molecule has 0 N–H and O–H groups in total. The first-order valence-corrected chi connectivity index (χ1v) is 39.5. The van der Waals surface area contributed by atoms with Gasteiger partial charge in [-0.05, 0) is 248 Å². The van der Waals surface area contributed by atoms with E-state index in [1.807, 2.05) is 0 Å².